The standard InChI is InChI=1S/C20H17N3O3/c1-12-6-4-5-7-18(12)23-13(2)17(11-22-23)20(25)16(10-21)19(24)15-8-9-26-14(15)3/h4-9,11,16H,1-3H3/t16-/m0/s1. The van der Waals surface area contributed by atoms with Crippen molar-refractivity contribution in [3.8, 4) is 11.8 Å². The van der Waals surface area contributed by atoms with Crippen LogP contribution in [0.5, 0.6) is 0 Å². The summed E-state index contributed by atoms with van der Waals surface area (Å²) in [6.45, 7) is 5.31. The van der Waals surface area contributed by atoms with Crippen LogP contribution in [0.25, 0.3) is 5.69 Å². The van der Waals surface area contributed by atoms with E-state index in [1.807, 2.05) is 37.3 Å². The predicted molar refractivity (Wildman–Crippen MR) is 94.2 cm³/mol. The molecule has 3 aromatic rings. The molecule has 0 unspecified atom stereocenters. The lowest BCUT2D eigenvalue weighted by molar-refractivity contribution is 0.0845. The summed E-state index contributed by atoms with van der Waals surface area (Å²) < 4.78 is 6.75. The Morgan fingerprint density at radius 3 is 2.42 bits per heavy atom. The van der Waals surface area contributed by atoms with Gasteiger partial charge in [0.25, 0.3) is 0 Å². The second-order valence-electron chi connectivity index (χ2n) is 6.02. The maximum atomic E-state index is 12.8. The second kappa shape index (κ2) is 6.81. The summed E-state index contributed by atoms with van der Waals surface area (Å²) in [5, 5.41) is 13.7. The van der Waals surface area contributed by atoms with Crippen molar-refractivity contribution in [2.45, 2.75) is 20.8 Å². The van der Waals surface area contributed by atoms with Crippen LogP contribution in [0.3, 0.4) is 0 Å². The molecule has 0 radical (unpaired) electrons. The van der Waals surface area contributed by atoms with Gasteiger partial charge in [0.1, 0.15) is 5.76 Å². The molecule has 0 spiro atoms. The van der Waals surface area contributed by atoms with Crippen LogP contribution in [0, 0.1) is 38.0 Å². The molecular formula is C20H17N3O3. The molecule has 0 amide bonds. The minimum Gasteiger partial charge on any atom is -0.469 e. The minimum atomic E-state index is -1.43. The molecule has 0 aliphatic heterocycles. The quantitative estimate of drug-likeness (QED) is 0.520. The summed E-state index contributed by atoms with van der Waals surface area (Å²) in [5.41, 5.74) is 2.93. The van der Waals surface area contributed by atoms with Gasteiger partial charge in [0.2, 0.25) is 0 Å². The highest BCUT2D eigenvalue weighted by molar-refractivity contribution is 6.18. The van der Waals surface area contributed by atoms with Gasteiger partial charge in [0, 0.05) is 0 Å². The van der Waals surface area contributed by atoms with Crippen LogP contribution in [0.15, 0.2) is 47.2 Å². The molecule has 2 heterocycles. The van der Waals surface area contributed by atoms with Gasteiger partial charge in [-0.3, -0.25) is 9.59 Å². The number of hydrogen-bond donors (Lipinski definition) is 0. The molecule has 0 aliphatic rings. The molecule has 6 nitrogen and oxygen atoms in total. The summed E-state index contributed by atoms with van der Waals surface area (Å²) in [6, 6.07) is 10.9. The largest absolute Gasteiger partial charge is 0.469 e. The molecule has 0 N–H and O–H groups in total. The molecular weight excluding hydrogens is 330 g/mol. The average Bonchev–Trinajstić information content (AvgIpc) is 3.21. The number of aromatic nitrogens is 2. The zero-order valence-electron chi connectivity index (χ0n) is 14.7. The Bertz CT molecular complexity index is 1040. The van der Waals surface area contributed by atoms with Gasteiger partial charge < -0.3 is 4.42 Å². The number of carbonyl (C=O) groups is 2. The van der Waals surface area contributed by atoms with Crippen molar-refractivity contribution in [3.63, 3.8) is 0 Å². The third kappa shape index (κ3) is 2.84. The number of nitriles is 1. The fourth-order valence-corrected chi connectivity index (χ4v) is 2.88. The number of furan rings is 1. The lowest BCUT2D eigenvalue weighted by Crippen LogP contribution is -2.23. The van der Waals surface area contributed by atoms with Crippen molar-refractivity contribution in [2.75, 3.05) is 0 Å². The maximum Gasteiger partial charge on any atom is 0.191 e. The van der Waals surface area contributed by atoms with Gasteiger partial charge in [-0.05, 0) is 38.5 Å². The summed E-state index contributed by atoms with van der Waals surface area (Å²) in [7, 11) is 0. The maximum absolute atomic E-state index is 12.8. The molecule has 2 aromatic heterocycles. The number of para-hydroxylation sites is 1. The highest BCUT2D eigenvalue weighted by Gasteiger charge is 2.32. The zero-order chi connectivity index (χ0) is 18.8. The topological polar surface area (TPSA) is 88.9 Å². The van der Waals surface area contributed by atoms with Crippen LogP contribution >= 0.6 is 0 Å². The number of nitrogens with zero attached hydrogens (tertiary/aromatic N) is 3. The van der Waals surface area contributed by atoms with E-state index in [0.717, 1.165) is 11.3 Å². The molecule has 130 valence electrons. The molecule has 0 fully saturated rings. The molecule has 1 atom stereocenters. The Morgan fingerprint density at radius 2 is 1.81 bits per heavy atom. The van der Waals surface area contributed by atoms with Crippen LogP contribution in [0.4, 0.5) is 0 Å². The van der Waals surface area contributed by atoms with Crippen LogP contribution in [-0.2, 0) is 0 Å². The number of ketones is 2. The van der Waals surface area contributed by atoms with Crippen LogP contribution in [0.2, 0.25) is 0 Å². The van der Waals surface area contributed by atoms with Gasteiger partial charge in [-0.2, -0.15) is 10.4 Å². The zero-order valence-corrected chi connectivity index (χ0v) is 14.7. The molecule has 0 saturated carbocycles. The van der Waals surface area contributed by atoms with Crippen molar-refractivity contribution in [2.24, 2.45) is 5.92 Å². The summed E-state index contributed by atoms with van der Waals surface area (Å²) in [6.07, 6.45) is 2.77. The number of carbonyl (C=O) groups excluding carboxylic acids is 2. The van der Waals surface area contributed by atoms with Crippen molar-refractivity contribution < 1.29 is 14.0 Å². The van der Waals surface area contributed by atoms with E-state index in [4.69, 9.17) is 4.42 Å². The average molecular weight is 347 g/mol. The first kappa shape index (κ1) is 17.4. The van der Waals surface area contributed by atoms with Gasteiger partial charge in [0.05, 0.1) is 41.0 Å². The van der Waals surface area contributed by atoms with Crippen molar-refractivity contribution in [1.82, 2.24) is 9.78 Å². The van der Waals surface area contributed by atoms with Gasteiger partial charge in [-0.1, -0.05) is 18.2 Å². The Kier molecular flexibility index (Phi) is 4.55. The van der Waals surface area contributed by atoms with Crippen molar-refractivity contribution >= 4 is 11.6 Å². The van der Waals surface area contributed by atoms with E-state index in [9.17, 15) is 14.9 Å². The molecule has 0 saturated heterocycles. The van der Waals surface area contributed by atoms with Crippen LogP contribution in [-0.4, -0.2) is 21.3 Å². The van der Waals surface area contributed by atoms with Gasteiger partial charge in [-0.15, -0.1) is 0 Å². The van der Waals surface area contributed by atoms with Gasteiger partial charge >= 0.3 is 0 Å². The number of hydrogen-bond acceptors (Lipinski definition) is 5. The van der Waals surface area contributed by atoms with E-state index in [1.54, 1.807) is 18.5 Å². The van der Waals surface area contributed by atoms with Crippen molar-refractivity contribution in [1.29, 1.82) is 5.26 Å². The third-order valence-corrected chi connectivity index (χ3v) is 4.40. The SMILES string of the molecule is Cc1ccccc1-n1ncc(C(=O)[C@@H](C#N)C(=O)c2ccoc2C)c1C. The van der Waals surface area contributed by atoms with Crippen molar-refractivity contribution in [3.05, 3.63) is 70.9 Å². The Balaban J connectivity index is 1.98. The first-order valence-corrected chi connectivity index (χ1v) is 8.08. The van der Waals surface area contributed by atoms with E-state index in [-0.39, 0.29) is 11.1 Å². The highest BCUT2D eigenvalue weighted by atomic mass is 16.3. The van der Waals surface area contributed by atoms with Gasteiger partial charge in [0.15, 0.2) is 17.5 Å². The predicted octanol–water partition coefficient (Wildman–Crippen LogP) is 3.60. The number of benzene rings is 1. The fourth-order valence-electron chi connectivity index (χ4n) is 2.88. The lowest BCUT2D eigenvalue weighted by Gasteiger charge is -2.09. The Labute approximate surface area is 150 Å². The molecule has 0 bridgehead atoms. The second-order valence-corrected chi connectivity index (χ2v) is 6.02. The lowest BCUT2D eigenvalue weighted by atomic mass is 9.91. The smallest absolute Gasteiger partial charge is 0.191 e. The van der Waals surface area contributed by atoms with E-state index in [2.05, 4.69) is 5.10 Å². The molecule has 1 aromatic carbocycles. The molecule has 0 aliphatic carbocycles. The van der Waals surface area contributed by atoms with E-state index in [0.29, 0.717) is 11.5 Å². The van der Waals surface area contributed by atoms with Crippen LogP contribution in [0.1, 0.15) is 37.7 Å². The molecule has 26 heavy (non-hydrogen) atoms. The molecule has 3 rings (SSSR count). The Hall–Kier alpha value is -3.46. The third-order valence-electron chi connectivity index (χ3n) is 4.40. The van der Waals surface area contributed by atoms with E-state index >= 15 is 0 Å². The van der Waals surface area contributed by atoms with Crippen LogP contribution < -0.4 is 0 Å². The normalized spacial score (nSPS) is 11.8. The summed E-state index contributed by atoms with van der Waals surface area (Å²) in [4.78, 5) is 25.4. The number of rotatable bonds is 5. The van der Waals surface area contributed by atoms with E-state index in [1.165, 1.54) is 18.5 Å². The summed E-state index contributed by atoms with van der Waals surface area (Å²) in [5.74, 6) is -2.17. The van der Waals surface area contributed by atoms with E-state index < -0.39 is 17.5 Å². The number of aryl methyl sites for hydroxylation is 2. The minimum absolute atomic E-state index is 0.244. The summed E-state index contributed by atoms with van der Waals surface area (Å²) >= 11 is 0. The first-order valence-electron chi connectivity index (χ1n) is 8.08. The number of Topliss-reactive ketones (excluding diaryl/α,β-unsaturated/α-hetero) is 2. The highest BCUT2D eigenvalue weighted by Crippen LogP contribution is 2.22. The first-order chi connectivity index (χ1) is 12.5. The fraction of sp³-hybridized carbons (Fsp3) is 0.200. The molecule has 6 heteroatoms. The monoisotopic (exact) mass is 347 g/mol. The van der Waals surface area contributed by atoms with Gasteiger partial charge in [-0.25, -0.2) is 4.68 Å². The Morgan fingerprint density at radius 1 is 1.12 bits per heavy atom.